The van der Waals surface area contributed by atoms with Gasteiger partial charge in [0, 0.05) is 48.6 Å². The standard InChI is InChI=1S/C34H47FN4O4/c1-22(2)42-32(40)31(43-33(4,5)6)29-23(3)36-21-26(30(29)39-18-16-34(7,8)17-19-39)27-13-14-28(38-37-27)41-20-15-24-9-11-25(35)12-10-24/h9-14,21-22,31,37-38H,15-20H2,1-8H3/t31-/m0/s1. The highest BCUT2D eigenvalue weighted by Crippen LogP contribution is 2.42. The van der Waals surface area contributed by atoms with E-state index in [1.807, 2.05) is 59.9 Å². The molecule has 43 heavy (non-hydrogen) atoms. The van der Waals surface area contributed by atoms with Gasteiger partial charge in [-0.15, -0.1) is 0 Å². The number of aromatic nitrogens is 1. The molecule has 2 aromatic rings. The lowest BCUT2D eigenvalue weighted by molar-refractivity contribution is -0.171. The van der Waals surface area contributed by atoms with Crippen LogP contribution in [0.3, 0.4) is 0 Å². The lowest BCUT2D eigenvalue weighted by Gasteiger charge is -2.41. The van der Waals surface area contributed by atoms with Crippen LogP contribution in [0, 0.1) is 18.2 Å². The third-order valence-corrected chi connectivity index (χ3v) is 7.59. The van der Waals surface area contributed by atoms with E-state index in [0.717, 1.165) is 59.7 Å². The molecule has 1 atom stereocenters. The molecule has 1 fully saturated rings. The third-order valence-electron chi connectivity index (χ3n) is 7.59. The molecule has 4 rings (SSSR count). The SMILES string of the molecule is Cc1ncc(C2=CC=C(OCCc3ccc(F)cc3)NN2)c(N2CCC(C)(C)CC2)c1[C@H](OC(C)(C)C)C(=O)OC(C)C. The molecule has 0 saturated carbocycles. The van der Waals surface area contributed by atoms with Crippen molar-refractivity contribution in [1.82, 2.24) is 15.8 Å². The number of ether oxygens (including phenoxy) is 3. The van der Waals surface area contributed by atoms with E-state index in [1.54, 1.807) is 12.1 Å². The average Bonchev–Trinajstić information content (AvgIpc) is 2.92. The van der Waals surface area contributed by atoms with Gasteiger partial charge in [-0.05, 0) is 83.6 Å². The fourth-order valence-electron chi connectivity index (χ4n) is 5.21. The van der Waals surface area contributed by atoms with Crippen LogP contribution in [0.15, 0.2) is 48.5 Å². The zero-order valence-corrected chi connectivity index (χ0v) is 26.8. The zero-order chi connectivity index (χ0) is 31.4. The van der Waals surface area contributed by atoms with Gasteiger partial charge in [-0.3, -0.25) is 15.8 Å². The lowest BCUT2D eigenvalue weighted by Crippen LogP contribution is -2.40. The second-order valence-corrected chi connectivity index (χ2v) is 13.4. The van der Waals surface area contributed by atoms with Crippen molar-refractivity contribution in [1.29, 1.82) is 0 Å². The summed E-state index contributed by atoms with van der Waals surface area (Å²) in [5.41, 5.74) is 11.1. The molecule has 0 spiro atoms. The van der Waals surface area contributed by atoms with Crippen LogP contribution in [0.4, 0.5) is 10.1 Å². The maximum Gasteiger partial charge on any atom is 0.340 e. The molecule has 0 radical (unpaired) electrons. The van der Waals surface area contributed by atoms with Gasteiger partial charge in [0.1, 0.15) is 5.82 Å². The minimum absolute atomic E-state index is 0.240. The molecule has 2 aliphatic rings. The number of aryl methyl sites for hydroxylation is 1. The summed E-state index contributed by atoms with van der Waals surface area (Å²) in [5, 5.41) is 0. The largest absolute Gasteiger partial charge is 0.478 e. The van der Waals surface area contributed by atoms with Crippen LogP contribution in [0.25, 0.3) is 5.70 Å². The number of piperidine rings is 1. The van der Waals surface area contributed by atoms with E-state index in [4.69, 9.17) is 19.2 Å². The molecule has 0 bridgehead atoms. The summed E-state index contributed by atoms with van der Waals surface area (Å²) in [6.07, 6.45) is 7.13. The van der Waals surface area contributed by atoms with E-state index in [9.17, 15) is 9.18 Å². The highest BCUT2D eigenvalue weighted by atomic mass is 19.1. The number of anilines is 1. The number of hydrazine groups is 1. The second-order valence-electron chi connectivity index (χ2n) is 13.4. The van der Waals surface area contributed by atoms with Crippen LogP contribution in [0.2, 0.25) is 0 Å². The summed E-state index contributed by atoms with van der Waals surface area (Å²) in [4.78, 5) is 20.7. The maximum absolute atomic E-state index is 13.6. The van der Waals surface area contributed by atoms with E-state index in [0.29, 0.717) is 18.9 Å². The number of halogens is 1. The van der Waals surface area contributed by atoms with E-state index in [-0.39, 0.29) is 17.3 Å². The van der Waals surface area contributed by atoms with E-state index in [1.165, 1.54) is 12.1 Å². The Hall–Kier alpha value is -3.59. The molecule has 234 valence electrons. The van der Waals surface area contributed by atoms with Crippen molar-refractivity contribution < 1.29 is 23.4 Å². The number of carbonyl (C=O) groups excluding carboxylic acids is 1. The number of allylic oxidation sites excluding steroid dienone is 2. The van der Waals surface area contributed by atoms with Crippen molar-refractivity contribution in [2.75, 3.05) is 24.6 Å². The zero-order valence-electron chi connectivity index (χ0n) is 26.8. The number of esters is 1. The van der Waals surface area contributed by atoms with Crippen molar-refractivity contribution in [2.24, 2.45) is 5.41 Å². The summed E-state index contributed by atoms with van der Waals surface area (Å²) in [6, 6.07) is 6.43. The Labute approximate surface area is 255 Å². The first-order valence-corrected chi connectivity index (χ1v) is 15.2. The van der Waals surface area contributed by atoms with Gasteiger partial charge >= 0.3 is 5.97 Å². The molecule has 3 heterocycles. The van der Waals surface area contributed by atoms with E-state index >= 15 is 0 Å². The van der Waals surface area contributed by atoms with Crippen LogP contribution in [0.1, 0.15) is 89.8 Å². The Bertz CT molecular complexity index is 1340. The number of pyridine rings is 1. The molecule has 0 unspecified atom stereocenters. The van der Waals surface area contributed by atoms with E-state index < -0.39 is 17.7 Å². The molecule has 2 aliphatic heterocycles. The van der Waals surface area contributed by atoms with Gasteiger partial charge in [-0.2, -0.15) is 0 Å². The first-order chi connectivity index (χ1) is 20.2. The predicted octanol–water partition coefficient (Wildman–Crippen LogP) is 6.51. The molecule has 1 aromatic carbocycles. The molecular weight excluding hydrogens is 547 g/mol. The van der Waals surface area contributed by atoms with Crippen molar-refractivity contribution in [2.45, 2.75) is 92.5 Å². The third kappa shape index (κ3) is 8.72. The number of benzene rings is 1. The summed E-state index contributed by atoms with van der Waals surface area (Å²) in [6.45, 7) is 18.1. The Morgan fingerprint density at radius 1 is 1.09 bits per heavy atom. The first-order valence-electron chi connectivity index (χ1n) is 15.2. The molecule has 1 saturated heterocycles. The highest BCUT2D eigenvalue weighted by Gasteiger charge is 2.37. The van der Waals surface area contributed by atoms with Gasteiger partial charge in [0.2, 0.25) is 5.88 Å². The summed E-state index contributed by atoms with van der Waals surface area (Å²) < 4.78 is 31.3. The van der Waals surface area contributed by atoms with Crippen LogP contribution >= 0.6 is 0 Å². The van der Waals surface area contributed by atoms with E-state index in [2.05, 4.69) is 29.6 Å². The minimum atomic E-state index is -0.946. The van der Waals surface area contributed by atoms with Gasteiger partial charge in [-0.25, -0.2) is 9.18 Å². The number of carbonyl (C=O) groups is 1. The van der Waals surface area contributed by atoms with Crippen LogP contribution < -0.4 is 15.8 Å². The van der Waals surface area contributed by atoms with Gasteiger partial charge in [0.15, 0.2) is 6.10 Å². The number of rotatable bonds is 10. The first kappa shape index (κ1) is 32.3. The molecule has 9 heteroatoms. The monoisotopic (exact) mass is 594 g/mol. The van der Waals surface area contributed by atoms with Gasteiger partial charge in [-0.1, -0.05) is 26.0 Å². The summed E-state index contributed by atoms with van der Waals surface area (Å²) in [7, 11) is 0. The summed E-state index contributed by atoms with van der Waals surface area (Å²) >= 11 is 0. The number of nitrogens with one attached hydrogen (secondary N) is 2. The van der Waals surface area contributed by atoms with Gasteiger partial charge < -0.3 is 19.1 Å². The Morgan fingerprint density at radius 3 is 2.35 bits per heavy atom. The maximum atomic E-state index is 13.6. The topological polar surface area (TPSA) is 85.0 Å². The van der Waals surface area contributed by atoms with Crippen LogP contribution in [0.5, 0.6) is 0 Å². The molecule has 8 nitrogen and oxygen atoms in total. The summed E-state index contributed by atoms with van der Waals surface area (Å²) in [5.74, 6) is -0.106. The normalized spacial score (nSPS) is 17.4. The molecule has 2 N–H and O–H groups in total. The molecule has 0 amide bonds. The molecular formula is C34H47FN4O4. The van der Waals surface area contributed by atoms with Crippen molar-refractivity contribution in [3.63, 3.8) is 0 Å². The second kappa shape index (κ2) is 13.4. The fraction of sp³-hybridized carbons (Fsp3) is 0.529. The van der Waals surface area contributed by atoms with Crippen LogP contribution in [-0.2, 0) is 25.4 Å². The fourth-order valence-corrected chi connectivity index (χ4v) is 5.21. The minimum Gasteiger partial charge on any atom is -0.478 e. The quantitative estimate of drug-likeness (QED) is 0.301. The number of nitrogens with zero attached hydrogens (tertiary/aromatic N) is 2. The average molecular weight is 595 g/mol. The lowest BCUT2D eigenvalue weighted by atomic mass is 9.82. The van der Waals surface area contributed by atoms with Gasteiger partial charge in [0.05, 0.1) is 29.7 Å². The molecule has 0 aliphatic carbocycles. The molecule has 1 aromatic heterocycles. The predicted molar refractivity (Wildman–Crippen MR) is 167 cm³/mol. The Kier molecular flexibility index (Phi) is 10.1. The van der Waals surface area contributed by atoms with Crippen molar-refractivity contribution in [3.05, 3.63) is 76.7 Å². The number of hydrogen-bond acceptors (Lipinski definition) is 8. The highest BCUT2D eigenvalue weighted by molar-refractivity contribution is 5.85. The Morgan fingerprint density at radius 2 is 1.77 bits per heavy atom. The van der Waals surface area contributed by atoms with Crippen molar-refractivity contribution in [3.8, 4) is 0 Å². The van der Waals surface area contributed by atoms with Crippen molar-refractivity contribution >= 4 is 17.4 Å². The Balaban J connectivity index is 1.69. The smallest absolute Gasteiger partial charge is 0.340 e. The van der Waals surface area contributed by atoms with Crippen LogP contribution in [-0.4, -0.2) is 42.4 Å². The number of hydrogen-bond donors (Lipinski definition) is 2. The van der Waals surface area contributed by atoms with Gasteiger partial charge in [0.25, 0.3) is 0 Å².